The van der Waals surface area contributed by atoms with E-state index < -0.39 is 17.7 Å². The molecule has 0 spiro atoms. The molecule has 1 fully saturated rings. The van der Waals surface area contributed by atoms with Gasteiger partial charge in [-0.3, -0.25) is 0 Å². The first-order chi connectivity index (χ1) is 8.97. The van der Waals surface area contributed by atoms with Crippen LogP contribution in [0.15, 0.2) is 12.1 Å². The number of carbonyl (C=O) groups is 1. The van der Waals surface area contributed by atoms with Gasteiger partial charge in [0, 0.05) is 13.1 Å². The second-order valence-electron chi connectivity index (χ2n) is 4.79. The van der Waals surface area contributed by atoms with E-state index in [-0.39, 0.29) is 10.9 Å². The van der Waals surface area contributed by atoms with Gasteiger partial charge in [0.25, 0.3) is 0 Å². The highest BCUT2D eigenvalue weighted by Gasteiger charge is 2.23. The Bertz CT molecular complexity index is 465. The third kappa shape index (κ3) is 3.35. The molecule has 0 radical (unpaired) electrons. The number of hydrogen-bond acceptors (Lipinski definition) is 1. The van der Waals surface area contributed by atoms with Crippen molar-refractivity contribution in [2.75, 3.05) is 13.1 Å². The second kappa shape index (κ2) is 5.74. The molecule has 1 aromatic carbocycles. The van der Waals surface area contributed by atoms with Gasteiger partial charge in [0.2, 0.25) is 0 Å². The van der Waals surface area contributed by atoms with Crippen LogP contribution in [-0.2, 0) is 6.42 Å². The SMILES string of the molecule is O=C(O)N1CCC(Cc2cc(F)c(F)c(Cl)c2)CC1. The molecule has 1 N–H and O–H groups in total. The van der Waals surface area contributed by atoms with Gasteiger partial charge < -0.3 is 10.0 Å². The summed E-state index contributed by atoms with van der Waals surface area (Å²) in [6, 6.07) is 2.59. The van der Waals surface area contributed by atoms with E-state index in [4.69, 9.17) is 16.7 Å². The highest BCUT2D eigenvalue weighted by molar-refractivity contribution is 6.30. The number of carboxylic acid groups (broad SMARTS) is 1. The van der Waals surface area contributed by atoms with Crippen molar-refractivity contribution in [3.63, 3.8) is 0 Å². The van der Waals surface area contributed by atoms with Gasteiger partial charge in [-0.05, 0) is 42.9 Å². The van der Waals surface area contributed by atoms with E-state index in [1.807, 2.05) is 0 Å². The third-order valence-electron chi connectivity index (χ3n) is 3.45. The minimum atomic E-state index is -1.02. The summed E-state index contributed by atoms with van der Waals surface area (Å²) >= 11 is 5.60. The zero-order valence-corrected chi connectivity index (χ0v) is 11.0. The Morgan fingerprint density at radius 3 is 2.53 bits per heavy atom. The number of amides is 1. The zero-order chi connectivity index (χ0) is 14.0. The molecule has 0 atom stereocenters. The first-order valence-corrected chi connectivity index (χ1v) is 6.46. The first kappa shape index (κ1) is 14.1. The number of likely N-dealkylation sites (tertiary alicyclic amines) is 1. The van der Waals surface area contributed by atoms with Crippen molar-refractivity contribution >= 4 is 17.7 Å². The summed E-state index contributed by atoms with van der Waals surface area (Å²) in [4.78, 5) is 12.1. The molecule has 1 amide bonds. The Morgan fingerprint density at radius 1 is 1.37 bits per heavy atom. The zero-order valence-electron chi connectivity index (χ0n) is 10.2. The lowest BCUT2D eigenvalue weighted by molar-refractivity contribution is 0.124. The molecule has 0 unspecified atom stereocenters. The fourth-order valence-corrected chi connectivity index (χ4v) is 2.62. The minimum Gasteiger partial charge on any atom is -0.465 e. The molecule has 104 valence electrons. The Kier molecular flexibility index (Phi) is 4.24. The van der Waals surface area contributed by atoms with Crippen LogP contribution < -0.4 is 0 Å². The van der Waals surface area contributed by atoms with Crippen LogP contribution in [0, 0.1) is 17.6 Å². The monoisotopic (exact) mass is 289 g/mol. The van der Waals surface area contributed by atoms with Gasteiger partial charge in [-0.2, -0.15) is 0 Å². The molecule has 0 bridgehead atoms. The molecule has 19 heavy (non-hydrogen) atoms. The van der Waals surface area contributed by atoms with E-state index in [0.29, 0.717) is 25.1 Å². The molecular weight excluding hydrogens is 276 g/mol. The molecule has 1 heterocycles. The standard InChI is InChI=1S/C13H14ClF2NO2/c14-10-6-9(7-11(15)12(10)16)5-8-1-3-17(4-2-8)13(18)19/h6-8H,1-5H2,(H,18,19). The maximum absolute atomic E-state index is 13.2. The first-order valence-electron chi connectivity index (χ1n) is 6.08. The van der Waals surface area contributed by atoms with Gasteiger partial charge in [-0.25, -0.2) is 13.6 Å². The lowest BCUT2D eigenvalue weighted by Gasteiger charge is -2.30. The van der Waals surface area contributed by atoms with Crippen molar-refractivity contribution in [2.24, 2.45) is 5.92 Å². The van der Waals surface area contributed by atoms with Crippen LogP contribution in [0.25, 0.3) is 0 Å². The van der Waals surface area contributed by atoms with Crippen molar-refractivity contribution < 1.29 is 18.7 Å². The average Bonchev–Trinajstić information content (AvgIpc) is 2.36. The molecule has 1 aromatic rings. The van der Waals surface area contributed by atoms with Crippen molar-refractivity contribution in [3.05, 3.63) is 34.4 Å². The summed E-state index contributed by atoms with van der Waals surface area (Å²) in [5, 5.41) is 8.62. The lowest BCUT2D eigenvalue weighted by atomic mass is 9.90. The average molecular weight is 290 g/mol. The maximum atomic E-state index is 13.2. The fraction of sp³-hybridized carbons (Fsp3) is 0.462. The van der Waals surface area contributed by atoms with Crippen molar-refractivity contribution in [3.8, 4) is 0 Å². The molecule has 0 saturated carbocycles. The highest BCUT2D eigenvalue weighted by Crippen LogP contribution is 2.25. The van der Waals surface area contributed by atoms with Crippen LogP contribution in [0.5, 0.6) is 0 Å². The van der Waals surface area contributed by atoms with Gasteiger partial charge in [-0.15, -0.1) is 0 Å². The smallest absolute Gasteiger partial charge is 0.407 e. The van der Waals surface area contributed by atoms with E-state index in [9.17, 15) is 13.6 Å². The summed E-state index contributed by atoms with van der Waals surface area (Å²) in [6.45, 7) is 0.967. The van der Waals surface area contributed by atoms with E-state index in [0.717, 1.165) is 18.9 Å². The maximum Gasteiger partial charge on any atom is 0.407 e. The molecule has 1 aliphatic rings. The summed E-state index contributed by atoms with van der Waals surface area (Å²) in [7, 11) is 0. The second-order valence-corrected chi connectivity index (χ2v) is 5.20. The quantitative estimate of drug-likeness (QED) is 0.846. The highest BCUT2D eigenvalue weighted by atomic mass is 35.5. The molecule has 3 nitrogen and oxygen atoms in total. The molecule has 2 rings (SSSR count). The molecule has 0 aromatic heterocycles. The van der Waals surface area contributed by atoms with E-state index >= 15 is 0 Å². The van der Waals surface area contributed by atoms with Gasteiger partial charge in [0.1, 0.15) is 0 Å². The van der Waals surface area contributed by atoms with Crippen LogP contribution in [0.1, 0.15) is 18.4 Å². The van der Waals surface area contributed by atoms with Crippen LogP contribution >= 0.6 is 11.6 Å². The number of hydrogen-bond donors (Lipinski definition) is 1. The topological polar surface area (TPSA) is 40.5 Å². The number of halogens is 3. The predicted molar refractivity (Wildman–Crippen MR) is 67.4 cm³/mol. The molecule has 0 aliphatic carbocycles. The summed E-state index contributed by atoms with van der Waals surface area (Å²) in [6.07, 6.45) is 1.13. The number of piperidine rings is 1. The molecule has 1 aliphatic heterocycles. The van der Waals surface area contributed by atoms with Crippen molar-refractivity contribution in [1.29, 1.82) is 0 Å². The number of rotatable bonds is 2. The summed E-state index contributed by atoms with van der Waals surface area (Å²) < 4.78 is 26.3. The summed E-state index contributed by atoms with van der Waals surface area (Å²) in [5.74, 6) is -1.69. The van der Waals surface area contributed by atoms with Crippen molar-refractivity contribution in [2.45, 2.75) is 19.3 Å². The summed E-state index contributed by atoms with van der Waals surface area (Å²) in [5.41, 5.74) is 0.651. The Hall–Kier alpha value is -1.36. The molecule has 6 heteroatoms. The van der Waals surface area contributed by atoms with Crippen LogP contribution in [-0.4, -0.2) is 29.2 Å². The van der Waals surface area contributed by atoms with E-state index in [1.165, 1.54) is 11.0 Å². The van der Waals surface area contributed by atoms with Crippen LogP contribution in [0.3, 0.4) is 0 Å². The van der Waals surface area contributed by atoms with E-state index in [1.54, 1.807) is 0 Å². The normalized spacial score (nSPS) is 16.7. The van der Waals surface area contributed by atoms with Crippen LogP contribution in [0.2, 0.25) is 5.02 Å². The van der Waals surface area contributed by atoms with Gasteiger partial charge in [-0.1, -0.05) is 11.6 Å². The van der Waals surface area contributed by atoms with Gasteiger partial charge >= 0.3 is 6.09 Å². The molecule has 1 saturated heterocycles. The van der Waals surface area contributed by atoms with E-state index in [2.05, 4.69) is 0 Å². The van der Waals surface area contributed by atoms with Gasteiger partial charge in [0.15, 0.2) is 11.6 Å². The minimum absolute atomic E-state index is 0.210. The Morgan fingerprint density at radius 2 is 2.00 bits per heavy atom. The fourth-order valence-electron chi connectivity index (χ4n) is 2.39. The molecular formula is C13H14ClF2NO2. The Labute approximate surface area is 114 Å². The lowest BCUT2D eigenvalue weighted by Crippen LogP contribution is -2.37. The number of nitrogens with zero attached hydrogens (tertiary/aromatic N) is 1. The van der Waals surface area contributed by atoms with Gasteiger partial charge in [0.05, 0.1) is 5.02 Å². The third-order valence-corrected chi connectivity index (χ3v) is 3.73. The van der Waals surface area contributed by atoms with Crippen molar-refractivity contribution in [1.82, 2.24) is 4.90 Å². The number of benzene rings is 1. The Balaban J connectivity index is 1.98. The largest absolute Gasteiger partial charge is 0.465 e. The van der Waals surface area contributed by atoms with Crippen LogP contribution in [0.4, 0.5) is 13.6 Å². The predicted octanol–water partition coefficient (Wildman–Crippen LogP) is 3.55.